The van der Waals surface area contributed by atoms with Crippen LogP contribution >= 0.6 is 11.3 Å². The van der Waals surface area contributed by atoms with Crippen LogP contribution in [-0.4, -0.2) is 36.7 Å². The number of amides is 1. The molecule has 1 atom stereocenters. The van der Waals surface area contributed by atoms with E-state index in [1.807, 2.05) is 6.92 Å². The molecule has 0 fully saturated rings. The maximum atomic E-state index is 11.9. The number of aliphatic carboxylic acids is 1. The molecule has 1 aromatic rings. The minimum absolute atomic E-state index is 0.0327. The lowest BCUT2D eigenvalue weighted by atomic mass is 10.2. The number of carbonyl (C=O) groups excluding carboxylic acids is 1. The number of carboxylic acids is 1. The zero-order chi connectivity index (χ0) is 14.3. The summed E-state index contributed by atoms with van der Waals surface area (Å²) in [5, 5.41) is 13.1. The van der Waals surface area contributed by atoms with E-state index < -0.39 is 5.97 Å². The van der Waals surface area contributed by atoms with Gasteiger partial charge in [0.25, 0.3) is 5.91 Å². The van der Waals surface area contributed by atoms with Gasteiger partial charge in [-0.1, -0.05) is 0 Å². The maximum Gasteiger partial charge on any atom is 0.328 e. The Morgan fingerprint density at radius 2 is 2.32 bits per heavy atom. The Balaban J connectivity index is 2.56. The van der Waals surface area contributed by atoms with Crippen LogP contribution in [0, 0.1) is 0 Å². The molecule has 6 heteroatoms. The van der Waals surface area contributed by atoms with Gasteiger partial charge in [0.1, 0.15) is 0 Å². The lowest BCUT2D eigenvalue weighted by Crippen LogP contribution is -2.33. The average molecular weight is 283 g/mol. The Morgan fingerprint density at radius 3 is 2.95 bits per heavy atom. The molecule has 0 saturated carbocycles. The maximum absolute atomic E-state index is 11.9. The van der Waals surface area contributed by atoms with Crippen molar-refractivity contribution in [2.45, 2.75) is 19.4 Å². The molecule has 0 bridgehead atoms. The third kappa shape index (κ3) is 5.67. The standard InChI is InChI=1S/C13H17NO4S/c1-9(5-6-18-2)14-13(17)10-7-11(19-8-10)3-4-12(15)16/h3-4,7-9H,5-6H2,1-2H3,(H,14,17)(H,15,16). The van der Waals surface area contributed by atoms with Gasteiger partial charge >= 0.3 is 5.97 Å². The third-order valence-corrected chi connectivity index (χ3v) is 3.30. The molecule has 0 aliphatic rings. The number of hydrogen-bond donors (Lipinski definition) is 2. The summed E-state index contributed by atoms with van der Waals surface area (Å²) >= 11 is 1.33. The summed E-state index contributed by atoms with van der Waals surface area (Å²) in [4.78, 5) is 23.0. The van der Waals surface area contributed by atoms with Gasteiger partial charge < -0.3 is 15.2 Å². The van der Waals surface area contributed by atoms with E-state index in [1.165, 1.54) is 17.4 Å². The van der Waals surface area contributed by atoms with Crippen molar-refractivity contribution in [2.24, 2.45) is 0 Å². The van der Waals surface area contributed by atoms with Crippen LogP contribution in [0.1, 0.15) is 28.6 Å². The van der Waals surface area contributed by atoms with Crippen molar-refractivity contribution in [1.29, 1.82) is 0 Å². The van der Waals surface area contributed by atoms with E-state index in [1.54, 1.807) is 18.6 Å². The van der Waals surface area contributed by atoms with E-state index in [-0.39, 0.29) is 11.9 Å². The molecule has 104 valence electrons. The lowest BCUT2D eigenvalue weighted by Gasteiger charge is -2.12. The first-order valence-electron chi connectivity index (χ1n) is 5.82. The summed E-state index contributed by atoms with van der Waals surface area (Å²) < 4.78 is 4.94. The van der Waals surface area contributed by atoms with Gasteiger partial charge in [-0.15, -0.1) is 11.3 Å². The summed E-state index contributed by atoms with van der Waals surface area (Å²) in [5.41, 5.74) is 0.541. The molecular weight excluding hydrogens is 266 g/mol. The third-order valence-electron chi connectivity index (χ3n) is 2.40. The molecule has 1 heterocycles. The van der Waals surface area contributed by atoms with Gasteiger partial charge in [-0.25, -0.2) is 4.79 Å². The van der Waals surface area contributed by atoms with Gasteiger partial charge in [0.2, 0.25) is 0 Å². The monoisotopic (exact) mass is 283 g/mol. The molecule has 19 heavy (non-hydrogen) atoms. The van der Waals surface area contributed by atoms with Crippen LogP contribution < -0.4 is 5.32 Å². The van der Waals surface area contributed by atoms with Crippen LogP contribution in [0.2, 0.25) is 0 Å². The van der Waals surface area contributed by atoms with Crippen LogP contribution in [0.3, 0.4) is 0 Å². The number of thiophene rings is 1. The number of ether oxygens (including phenoxy) is 1. The second-order valence-corrected chi connectivity index (χ2v) is 5.01. The highest BCUT2D eigenvalue weighted by Gasteiger charge is 2.11. The topological polar surface area (TPSA) is 75.6 Å². The number of carbonyl (C=O) groups is 2. The van der Waals surface area contributed by atoms with Gasteiger partial charge in [-0.3, -0.25) is 4.79 Å². The van der Waals surface area contributed by atoms with Crippen molar-refractivity contribution < 1.29 is 19.4 Å². The van der Waals surface area contributed by atoms with Gasteiger partial charge in [0.05, 0.1) is 5.56 Å². The van der Waals surface area contributed by atoms with Crippen LogP contribution in [0.15, 0.2) is 17.5 Å². The van der Waals surface area contributed by atoms with Gasteiger partial charge in [-0.05, 0) is 25.5 Å². The van der Waals surface area contributed by atoms with Gasteiger partial charge in [-0.2, -0.15) is 0 Å². The predicted octanol–water partition coefficient (Wildman–Crippen LogP) is 2.00. The average Bonchev–Trinajstić information content (AvgIpc) is 2.82. The lowest BCUT2D eigenvalue weighted by molar-refractivity contribution is -0.131. The molecule has 0 radical (unpaired) electrons. The van der Waals surface area contributed by atoms with Crippen molar-refractivity contribution in [3.63, 3.8) is 0 Å². The summed E-state index contributed by atoms with van der Waals surface area (Å²) in [6.45, 7) is 2.51. The number of carboxylic acid groups (broad SMARTS) is 1. The zero-order valence-electron chi connectivity index (χ0n) is 10.9. The Labute approximate surface area is 115 Å². The summed E-state index contributed by atoms with van der Waals surface area (Å²) in [7, 11) is 1.62. The molecule has 0 spiro atoms. The van der Waals surface area contributed by atoms with E-state index in [2.05, 4.69) is 5.32 Å². The minimum Gasteiger partial charge on any atom is -0.478 e. The highest BCUT2D eigenvalue weighted by atomic mass is 32.1. The van der Waals surface area contributed by atoms with Gasteiger partial charge in [0, 0.05) is 36.1 Å². The fourth-order valence-corrected chi connectivity index (χ4v) is 2.17. The Bertz CT molecular complexity index is 467. The van der Waals surface area contributed by atoms with E-state index in [4.69, 9.17) is 9.84 Å². The molecular formula is C13H17NO4S. The van der Waals surface area contributed by atoms with E-state index in [0.717, 1.165) is 17.4 Å². The molecule has 1 rings (SSSR count). The van der Waals surface area contributed by atoms with E-state index in [0.29, 0.717) is 12.2 Å². The summed E-state index contributed by atoms with van der Waals surface area (Å²) in [6.07, 6.45) is 3.27. The fraction of sp³-hybridized carbons (Fsp3) is 0.385. The molecule has 0 aliphatic heterocycles. The molecule has 1 amide bonds. The molecule has 1 unspecified atom stereocenters. The van der Waals surface area contributed by atoms with E-state index >= 15 is 0 Å². The molecule has 5 nitrogen and oxygen atoms in total. The molecule has 1 aromatic heterocycles. The molecule has 0 aromatic carbocycles. The Morgan fingerprint density at radius 1 is 1.58 bits per heavy atom. The zero-order valence-corrected chi connectivity index (χ0v) is 11.7. The van der Waals surface area contributed by atoms with Crippen molar-refractivity contribution in [1.82, 2.24) is 5.32 Å². The molecule has 0 aliphatic carbocycles. The summed E-state index contributed by atoms with van der Waals surface area (Å²) in [5.74, 6) is -1.16. The highest BCUT2D eigenvalue weighted by Crippen LogP contribution is 2.16. The first-order valence-corrected chi connectivity index (χ1v) is 6.70. The quantitative estimate of drug-likeness (QED) is 0.750. The van der Waals surface area contributed by atoms with Crippen molar-refractivity contribution in [3.05, 3.63) is 28.0 Å². The first kappa shape index (κ1) is 15.4. The summed E-state index contributed by atoms with van der Waals surface area (Å²) in [6, 6.07) is 1.70. The second kappa shape index (κ2) is 7.70. The molecule has 0 saturated heterocycles. The first-order chi connectivity index (χ1) is 9.02. The normalized spacial score (nSPS) is 12.5. The van der Waals surface area contributed by atoms with Crippen molar-refractivity contribution >= 4 is 29.3 Å². The SMILES string of the molecule is COCCC(C)NC(=O)c1csc(C=CC(=O)O)c1. The van der Waals surface area contributed by atoms with Crippen LogP contribution in [0.4, 0.5) is 0 Å². The second-order valence-electron chi connectivity index (χ2n) is 4.07. The molecule has 2 N–H and O–H groups in total. The van der Waals surface area contributed by atoms with Crippen LogP contribution in [-0.2, 0) is 9.53 Å². The Kier molecular flexibility index (Phi) is 6.24. The van der Waals surface area contributed by atoms with Crippen molar-refractivity contribution in [3.8, 4) is 0 Å². The highest BCUT2D eigenvalue weighted by molar-refractivity contribution is 7.11. The van der Waals surface area contributed by atoms with Crippen LogP contribution in [0.5, 0.6) is 0 Å². The van der Waals surface area contributed by atoms with Crippen molar-refractivity contribution in [2.75, 3.05) is 13.7 Å². The Hall–Kier alpha value is -1.66. The number of nitrogens with one attached hydrogen (secondary N) is 1. The number of hydrogen-bond acceptors (Lipinski definition) is 4. The largest absolute Gasteiger partial charge is 0.478 e. The van der Waals surface area contributed by atoms with Gasteiger partial charge in [0.15, 0.2) is 0 Å². The predicted molar refractivity (Wildman–Crippen MR) is 74.4 cm³/mol. The van der Waals surface area contributed by atoms with Crippen LogP contribution in [0.25, 0.3) is 6.08 Å². The smallest absolute Gasteiger partial charge is 0.328 e. The fourth-order valence-electron chi connectivity index (χ4n) is 1.39. The number of methoxy groups -OCH3 is 1. The minimum atomic E-state index is -1.01. The number of rotatable bonds is 7. The van der Waals surface area contributed by atoms with E-state index in [9.17, 15) is 9.59 Å².